The Balaban J connectivity index is 2.57. The molecule has 0 unspecified atom stereocenters. The molecule has 1 amide bonds. The molecule has 1 aromatic rings. The number of hydrogen-bond acceptors (Lipinski definition) is 6. The SMILES string of the molecule is COC(=O)c1ccc(NCC(=O)NCC(=O)O)nc1C. The molecular formula is C12H15N3O5. The fourth-order valence-corrected chi connectivity index (χ4v) is 1.39. The first kappa shape index (κ1) is 15.4. The van der Waals surface area contributed by atoms with Gasteiger partial charge in [0, 0.05) is 0 Å². The number of nitrogens with one attached hydrogen (secondary N) is 2. The maximum absolute atomic E-state index is 11.4. The molecule has 0 bridgehead atoms. The van der Waals surface area contributed by atoms with E-state index in [1.807, 2.05) is 0 Å². The number of amides is 1. The Morgan fingerprint density at radius 3 is 2.55 bits per heavy atom. The van der Waals surface area contributed by atoms with Crippen molar-refractivity contribution >= 4 is 23.7 Å². The molecule has 1 rings (SSSR count). The smallest absolute Gasteiger partial charge is 0.339 e. The summed E-state index contributed by atoms with van der Waals surface area (Å²) in [6, 6.07) is 3.06. The maximum atomic E-state index is 11.4. The molecule has 0 aliphatic rings. The second-order valence-electron chi connectivity index (χ2n) is 3.85. The second-order valence-corrected chi connectivity index (χ2v) is 3.85. The number of hydrogen-bond donors (Lipinski definition) is 3. The molecule has 0 saturated carbocycles. The van der Waals surface area contributed by atoms with Crippen LogP contribution in [0.5, 0.6) is 0 Å². The van der Waals surface area contributed by atoms with Crippen LogP contribution in [0.15, 0.2) is 12.1 Å². The van der Waals surface area contributed by atoms with Crippen molar-refractivity contribution in [3.63, 3.8) is 0 Å². The fourth-order valence-electron chi connectivity index (χ4n) is 1.39. The number of carbonyl (C=O) groups excluding carboxylic acids is 2. The number of carboxylic acids is 1. The molecule has 1 aromatic heterocycles. The highest BCUT2D eigenvalue weighted by Gasteiger charge is 2.11. The van der Waals surface area contributed by atoms with Crippen molar-refractivity contribution in [3.05, 3.63) is 23.4 Å². The van der Waals surface area contributed by atoms with Gasteiger partial charge < -0.3 is 20.5 Å². The van der Waals surface area contributed by atoms with E-state index in [1.54, 1.807) is 6.92 Å². The van der Waals surface area contributed by atoms with Crippen molar-refractivity contribution in [3.8, 4) is 0 Å². The van der Waals surface area contributed by atoms with E-state index in [0.29, 0.717) is 17.1 Å². The van der Waals surface area contributed by atoms with Crippen molar-refractivity contribution in [1.29, 1.82) is 0 Å². The summed E-state index contributed by atoms with van der Waals surface area (Å²) in [4.78, 5) is 37.0. The van der Waals surface area contributed by atoms with Crippen molar-refractivity contribution in [1.82, 2.24) is 10.3 Å². The number of carboxylic acid groups (broad SMARTS) is 1. The van der Waals surface area contributed by atoms with E-state index in [2.05, 4.69) is 20.4 Å². The molecule has 20 heavy (non-hydrogen) atoms. The molecule has 8 heteroatoms. The molecule has 108 valence electrons. The first-order chi connectivity index (χ1) is 9.43. The number of aromatic nitrogens is 1. The van der Waals surface area contributed by atoms with Gasteiger partial charge in [0.05, 0.1) is 24.9 Å². The average Bonchev–Trinajstić information content (AvgIpc) is 2.42. The van der Waals surface area contributed by atoms with Crippen LogP contribution >= 0.6 is 0 Å². The highest BCUT2D eigenvalue weighted by atomic mass is 16.5. The predicted octanol–water partition coefficient (Wildman–Crippen LogP) is -0.211. The molecule has 0 fully saturated rings. The number of carbonyl (C=O) groups is 3. The largest absolute Gasteiger partial charge is 0.480 e. The highest BCUT2D eigenvalue weighted by Crippen LogP contribution is 2.11. The van der Waals surface area contributed by atoms with Crippen LogP contribution < -0.4 is 10.6 Å². The molecular weight excluding hydrogens is 266 g/mol. The minimum atomic E-state index is -1.12. The Morgan fingerprint density at radius 1 is 1.30 bits per heavy atom. The van der Waals surface area contributed by atoms with Crippen LogP contribution in [0.2, 0.25) is 0 Å². The summed E-state index contributed by atoms with van der Waals surface area (Å²) in [5.41, 5.74) is 0.807. The molecule has 1 heterocycles. The van der Waals surface area contributed by atoms with Crippen molar-refractivity contribution < 1.29 is 24.2 Å². The molecule has 0 aromatic carbocycles. The van der Waals surface area contributed by atoms with E-state index < -0.39 is 24.4 Å². The minimum absolute atomic E-state index is 0.114. The molecule has 0 atom stereocenters. The molecule has 0 aliphatic carbocycles. The molecule has 8 nitrogen and oxygen atoms in total. The third-order valence-electron chi connectivity index (χ3n) is 2.36. The third-order valence-corrected chi connectivity index (χ3v) is 2.36. The lowest BCUT2D eigenvalue weighted by atomic mass is 10.2. The Kier molecular flexibility index (Phi) is 5.45. The van der Waals surface area contributed by atoms with E-state index >= 15 is 0 Å². The second kappa shape index (κ2) is 7.07. The van der Waals surface area contributed by atoms with Gasteiger partial charge in [-0.1, -0.05) is 0 Å². The monoisotopic (exact) mass is 281 g/mol. The van der Waals surface area contributed by atoms with Gasteiger partial charge in [0.15, 0.2) is 0 Å². The van der Waals surface area contributed by atoms with Gasteiger partial charge in [0.25, 0.3) is 0 Å². The van der Waals surface area contributed by atoms with Gasteiger partial charge in [0.1, 0.15) is 12.4 Å². The van der Waals surface area contributed by atoms with Gasteiger partial charge in [-0.25, -0.2) is 9.78 Å². The predicted molar refractivity (Wildman–Crippen MR) is 69.4 cm³/mol. The first-order valence-corrected chi connectivity index (χ1v) is 5.72. The molecule has 0 radical (unpaired) electrons. The average molecular weight is 281 g/mol. The summed E-state index contributed by atoms with van der Waals surface area (Å²) in [6.45, 7) is 1.09. The van der Waals surface area contributed by atoms with E-state index in [9.17, 15) is 14.4 Å². The van der Waals surface area contributed by atoms with Crippen LogP contribution in [-0.4, -0.2) is 48.1 Å². The lowest BCUT2D eigenvalue weighted by molar-refractivity contribution is -0.137. The van der Waals surface area contributed by atoms with Crippen LogP contribution in [0.1, 0.15) is 16.1 Å². The number of pyridine rings is 1. The Bertz CT molecular complexity index is 530. The van der Waals surface area contributed by atoms with E-state index in [0.717, 1.165) is 0 Å². The van der Waals surface area contributed by atoms with Crippen LogP contribution in [0.4, 0.5) is 5.82 Å². The Labute approximate surface area is 115 Å². The lowest BCUT2D eigenvalue weighted by Gasteiger charge is -2.08. The lowest BCUT2D eigenvalue weighted by Crippen LogP contribution is -2.34. The minimum Gasteiger partial charge on any atom is -0.480 e. The zero-order chi connectivity index (χ0) is 15.1. The fraction of sp³-hybridized carbons (Fsp3) is 0.333. The summed E-state index contributed by atoms with van der Waals surface area (Å²) in [5, 5.41) is 13.3. The Morgan fingerprint density at radius 2 is 2.00 bits per heavy atom. The van der Waals surface area contributed by atoms with Gasteiger partial charge >= 0.3 is 11.9 Å². The van der Waals surface area contributed by atoms with Gasteiger partial charge in [-0.3, -0.25) is 9.59 Å². The number of anilines is 1. The van der Waals surface area contributed by atoms with Gasteiger partial charge in [-0.15, -0.1) is 0 Å². The standard InChI is InChI=1S/C12H15N3O5/c1-7-8(12(19)20-2)3-4-9(15-7)13-5-10(16)14-6-11(17)18/h3-4H,5-6H2,1-2H3,(H,13,15)(H,14,16)(H,17,18). The summed E-state index contributed by atoms with van der Waals surface area (Å²) in [7, 11) is 1.28. The molecule has 3 N–H and O–H groups in total. The maximum Gasteiger partial charge on any atom is 0.339 e. The topological polar surface area (TPSA) is 118 Å². The Hall–Kier alpha value is -2.64. The quantitative estimate of drug-likeness (QED) is 0.617. The van der Waals surface area contributed by atoms with Gasteiger partial charge in [0.2, 0.25) is 5.91 Å². The summed E-state index contributed by atoms with van der Waals surface area (Å²) >= 11 is 0. The van der Waals surface area contributed by atoms with Gasteiger partial charge in [-0.2, -0.15) is 0 Å². The molecule has 0 saturated heterocycles. The van der Waals surface area contributed by atoms with Crippen molar-refractivity contribution in [2.24, 2.45) is 0 Å². The van der Waals surface area contributed by atoms with Gasteiger partial charge in [-0.05, 0) is 19.1 Å². The number of esters is 1. The number of rotatable bonds is 6. The number of aryl methyl sites for hydroxylation is 1. The van der Waals surface area contributed by atoms with Crippen LogP contribution in [0, 0.1) is 6.92 Å². The molecule has 0 spiro atoms. The zero-order valence-electron chi connectivity index (χ0n) is 11.1. The van der Waals surface area contributed by atoms with Crippen LogP contribution in [-0.2, 0) is 14.3 Å². The first-order valence-electron chi connectivity index (χ1n) is 5.72. The van der Waals surface area contributed by atoms with Crippen molar-refractivity contribution in [2.45, 2.75) is 6.92 Å². The highest BCUT2D eigenvalue weighted by molar-refractivity contribution is 5.90. The summed E-state index contributed by atoms with van der Waals surface area (Å²) in [6.07, 6.45) is 0. The van der Waals surface area contributed by atoms with Crippen LogP contribution in [0.3, 0.4) is 0 Å². The zero-order valence-corrected chi connectivity index (χ0v) is 11.1. The number of aliphatic carboxylic acids is 1. The number of nitrogens with zero attached hydrogens (tertiary/aromatic N) is 1. The summed E-state index contributed by atoms with van der Waals surface area (Å²) in [5.74, 6) is -1.67. The summed E-state index contributed by atoms with van der Waals surface area (Å²) < 4.78 is 4.59. The van der Waals surface area contributed by atoms with E-state index in [1.165, 1.54) is 19.2 Å². The number of methoxy groups -OCH3 is 1. The van der Waals surface area contributed by atoms with E-state index in [-0.39, 0.29) is 6.54 Å². The normalized spacial score (nSPS) is 9.70. The number of ether oxygens (including phenoxy) is 1. The third kappa shape index (κ3) is 4.56. The van der Waals surface area contributed by atoms with Crippen LogP contribution in [0.25, 0.3) is 0 Å². The molecule has 0 aliphatic heterocycles. The van der Waals surface area contributed by atoms with E-state index in [4.69, 9.17) is 5.11 Å². The van der Waals surface area contributed by atoms with Crippen molar-refractivity contribution in [2.75, 3.05) is 25.5 Å².